The number of nitrogens with zero attached hydrogens (tertiary/aromatic N) is 1. The van der Waals surface area contributed by atoms with Gasteiger partial charge in [-0.2, -0.15) is 0 Å². The number of nitrogens with one attached hydrogen (secondary N) is 1. The molecular formula is C14H16BrFN2O2. The molecule has 1 fully saturated rings. The van der Waals surface area contributed by atoms with Crippen LogP contribution in [0.15, 0.2) is 22.7 Å². The monoisotopic (exact) mass is 342 g/mol. The van der Waals surface area contributed by atoms with Crippen LogP contribution < -0.4 is 5.32 Å². The minimum atomic E-state index is -0.419. The maximum atomic E-state index is 12.9. The number of carbonyl (C=O) groups is 2. The zero-order chi connectivity index (χ0) is 14.5. The zero-order valence-electron chi connectivity index (χ0n) is 11.0. The molecule has 0 saturated carbocycles. The van der Waals surface area contributed by atoms with Crippen molar-refractivity contribution in [3.8, 4) is 0 Å². The van der Waals surface area contributed by atoms with Crippen LogP contribution in [0.1, 0.15) is 29.6 Å². The van der Waals surface area contributed by atoms with Crippen molar-refractivity contribution in [1.29, 1.82) is 0 Å². The molecule has 2 rings (SSSR count). The summed E-state index contributed by atoms with van der Waals surface area (Å²) in [5, 5.41) is 2.57. The molecular weight excluding hydrogens is 327 g/mol. The predicted octanol–water partition coefficient (Wildman–Crippen LogP) is 2.33. The van der Waals surface area contributed by atoms with Gasteiger partial charge < -0.3 is 10.2 Å². The van der Waals surface area contributed by atoms with E-state index >= 15 is 0 Å². The van der Waals surface area contributed by atoms with Crippen LogP contribution in [0.5, 0.6) is 0 Å². The van der Waals surface area contributed by atoms with Gasteiger partial charge in [0.1, 0.15) is 5.82 Å². The van der Waals surface area contributed by atoms with E-state index in [-0.39, 0.29) is 18.4 Å². The fraction of sp³-hybridized carbons (Fsp3) is 0.429. The molecule has 1 aromatic rings. The van der Waals surface area contributed by atoms with Crippen molar-refractivity contribution < 1.29 is 14.0 Å². The van der Waals surface area contributed by atoms with Gasteiger partial charge in [-0.05, 0) is 53.4 Å². The lowest BCUT2D eigenvalue weighted by Gasteiger charge is -2.26. The van der Waals surface area contributed by atoms with E-state index in [0.29, 0.717) is 10.0 Å². The molecule has 0 spiro atoms. The second-order valence-electron chi connectivity index (χ2n) is 4.75. The summed E-state index contributed by atoms with van der Waals surface area (Å²) in [5.74, 6) is -0.878. The molecule has 0 bridgehead atoms. The molecule has 2 amide bonds. The standard InChI is InChI=1S/C14H16BrFN2O2/c15-12-8-10(16)4-5-11(12)14(20)17-9-13(19)18-6-2-1-3-7-18/h4-5,8H,1-3,6-7,9H2,(H,17,20). The van der Waals surface area contributed by atoms with Crippen LogP contribution in [0, 0.1) is 5.82 Å². The number of hydrogen-bond acceptors (Lipinski definition) is 2. The Hall–Kier alpha value is -1.43. The molecule has 20 heavy (non-hydrogen) atoms. The van der Waals surface area contributed by atoms with Crippen molar-refractivity contribution in [2.75, 3.05) is 19.6 Å². The molecule has 1 aliphatic heterocycles. The molecule has 1 aromatic carbocycles. The van der Waals surface area contributed by atoms with Gasteiger partial charge in [0.2, 0.25) is 5.91 Å². The molecule has 1 aliphatic rings. The fourth-order valence-corrected chi connectivity index (χ4v) is 2.71. The second kappa shape index (κ2) is 6.83. The Labute approximate surface area is 125 Å². The number of hydrogen-bond donors (Lipinski definition) is 1. The summed E-state index contributed by atoms with van der Waals surface area (Å²) in [6.45, 7) is 1.49. The van der Waals surface area contributed by atoms with E-state index in [2.05, 4.69) is 21.2 Å². The van der Waals surface area contributed by atoms with E-state index in [4.69, 9.17) is 0 Å². The van der Waals surface area contributed by atoms with Gasteiger partial charge in [0, 0.05) is 17.6 Å². The number of benzene rings is 1. The largest absolute Gasteiger partial charge is 0.343 e. The van der Waals surface area contributed by atoms with Gasteiger partial charge in [0.05, 0.1) is 12.1 Å². The van der Waals surface area contributed by atoms with Crippen LogP contribution in [-0.2, 0) is 4.79 Å². The van der Waals surface area contributed by atoms with Crippen LogP contribution in [0.4, 0.5) is 4.39 Å². The summed E-state index contributed by atoms with van der Waals surface area (Å²) >= 11 is 3.14. The first-order valence-electron chi connectivity index (χ1n) is 6.59. The summed E-state index contributed by atoms with van der Waals surface area (Å²) in [4.78, 5) is 25.6. The van der Waals surface area contributed by atoms with Crippen molar-refractivity contribution in [3.63, 3.8) is 0 Å². The van der Waals surface area contributed by atoms with Crippen LogP contribution in [0.25, 0.3) is 0 Å². The minimum Gasteiger partial charge on any atom is -0.343 e. The van der Waals surface area contributed by atoms with E-state index in [0.717, 1.165) is 32.4 Å². The molecule has 6 heteroatoms. The SMILES string of the molecule is O=C(NCC(=O)N1CCCCC1)c1ccc(F)cc1Br. The fourth-order valence-electron chi connectivity index (χ4n) is 2.18. The van der Waals surface area contributed by atoms with Gasteiger partial charge in [-0.1, -0.05) is 0 Å². The number of likely N-dealkylation sites (tertiary alicyclic amines) is 1. The lowest BCUT2D eigenvalue weighted by atomic mass is 10.1. The molecule has 0 unspecified atom stereocenters. The highest BCUT2D eigenvalue weighted by Crippen LogP contribution is 2.17. The highest BCUT2D eigenvalue weighted by atomic mass is 79.9. The smallest absolute Gasteiger partial charge is 0.252 e. The third kappa shape index (κ3) is 3.79. The molecule has 1 saturated heterocycles. The Kier molecular flexibility index (Phi) is 5.11. The quantitative estimate of drug-likeness (QED) is 0.916. The molecule has 4 nitrogen and oxygen atoms in total. The van der Waals surface area contributed by atoms with Gasteiger partial charge in [-0.25, -0.2) is 4.39 Å². The Balaban J connectivity index is 1.89. The lowest BCUT2D eigenvalue weighted by Crippen LogP contribution is -2.42. The van der Waals surface area contributed by atoms with Gasteiger partial charge in [-0.15, -0.1) is 0 Å². The topological polar surface area (TPSA) is 49.4 Å². The van der Waals surface area contributed by atoms with E-state index < -0.39 is 5.82 Å². The first-order valence-corrected chi connectivity index (χ1v) is 7.38. The molecule has 0 radical (unpaired) electrons. The van der Waals surface area contributed by atoms with E-state index in [1.54, 1.807) is 4.90 Å². The normalized spacial score (nSPS) is 15.0. The van der Waals surface area contributed by atoms with Crippen molar-refractivity contribution in [1.82, 2.24) is 10.2 Å². The van der Waals surface area contributed by atoms with Crippen LogP contribution in [-0.4, -0.2) is 36.3 Å². The van der Waals surface area contributed by atoms with Crippen molar-refractivity contribution in [2.24, 2.45) is 0 Å². The van der Waals surface area contributed by atoms with Gasteiger partial charge in [-0.3, -0.25) is 9.59 Å². The molecule has 0 aromatic heterocycles. The minimum absolute atomic E-state index is 0.0251. The second-order valence-corrected chi connectivity index (χ2v) is 5.60. The predicted molar refractivity (Wildman–Crippen MR) is 76.9 cm³/mol. The Morgan fingerprint density at radius 3 is 2.60 bits per heavy atom. The molecule has 1 heterocycles. The maximum absolute atomic E-state index is 12.9. The van der Waals surface area contributed by atoms with Crippen LogP contribution in [0.2, 0.25) is 0 Å². The summed E-state index contributed by atoms with van der Waals surface area (Å²) in [6, 6.07) is 3.83. The van der Waals surface area contributed by atoms with Crippen LogP contribution in [0.3, 0.4) is 0 Å². The average Bonchev–Trinajstić information content (AvgIpc) is 2.45. The first kappa shape index (κ1) is 15.0. The van der Waals surface area contributed by atoms with Gasteiger partial charge in [0.15, 0.2) is 0 Å². The van der Waals surface area contributed by atoms with E-state index in [9.17, 15) is 14.0 Å². The Morgan fingerprint density at radius 2 is 1.95 bits per heavy atom. The molecule has 0 aliphatic carbocycles. The highest BCUT2D eigenvalue weighted by Gasteiger charge is 2.18. The summed E-state index contributed by atoms with van der Waals surface area (Å²) in [7, 11) is 0. The summed E-state index contributed by atoms with van der Waals surface area (Å²) in [6.07, 6.45) is 3.19. The number of rotatable bonds is 3. The maximum Gasteiger partial charge on any atom is 0.252 e. The summed E-state index contributed by atoms with van der Waals surface area (Å²) < 4.78 is 13.3. The average molecular weight is 343 g/mol. The number of halogens is 2. The zero-order valence-corrected chi connectivity index (χ0v) is 12.6. The first-order chi connectivity index (χ1) is 9.58. The van der Waals surface area contributed by atoms with Crippen LogP contribution >= 0.6 is 15.9 Å². The third-order valence-electron chi connectivity index (χ3n) is 3.28. The van der Waals surface area contributed by atoms with Gasteiger partial charge in [0.25, 0.3) is 5.91 Å². The van der Waals surface area contributed by atoms with E-state index in [1.807, 2.05) is 0 Å². The Bertz CT molecular complexity index is 516. The van der Waals surface area contributed by atoms with Gasteiger partial charge >= 0.3 is 0 Å². The van der Waals surface area contributed by atoms with Crippen molar-refractivity contribution in [3.05, 3.63) is 34.1 Å². The summed E-state index contributed by atoms with van der Waals surface area (Å²) in [5.41, 5.74) is 0.317. The molecule has 108 valence electrons. The van der Waals surface area contributed by atoms with Crippen molar-refractivity contribution in [2.45, 2.75) is 19.3 Å². The molecule has 0 atom stereocenters. The number of amides is 2. The lowest BCUT2D eigenvalue weighted by molar-refractivity contribution is -0.130. The Morgan fingerprint density at radius 1 is 1.25 bits per heavy atom. The van der Waals surface area contributed by atoms with E-state index in [1.165, 1.54) is 18.2 Å². The highest BCUT2D eigenvalue weighted by molar-refractivity contribution is 9.10. The number of piperidine rings is 1. The number of carbonyl (C=O) groups excluding carboxylic acids is 2. The third-order valence-corrected chi connectivity index (χ3v) is 3.94. The molecule has 1 N–H and O–H groups in total. The van der Waals surface area contributed by atoms with Crippen molar-refractivity contribution >= 4 is 27.7 Å².